The summed E-state index contributed by atoms with van der Waals surface area (Å²) in [6.45, 7) is 1.92. The van der Waals surface area contributed by atoms with Crippen molar-refractivity contribution in [1.82, 2.24) is 9.97 Å². The molecule has 6 heteroatoms. The summed E-state index contributed by atoms with van der Waals surface area (Å²) in [5.41, 5.74) is 3.55. The smallest absolute Gasteiger partial charge is 0.248 e. The molecule has 1 N–H and O–H groups in total. The van der Waals surface area contributed by atoms with Crippen LogP contribution in [0.5, 0.6) is 0 Å². The zero-order valence-electron chi connectivity index (χ0n) is 14.0. The van der Waals surface area contributed by atoms with Crippen molar-refractivity contribution in [2.45, 2.75) is 6.92 Å². The number of rotatable bonds is 4. The number of benzene rings is 1. The molecule has 4 aromatic rings. The van der Waals surface area contributed by atoms with Gasteiger partial charge in [-0.3, -0.25) is 4.79 Å². The number of hydrogen-bond acceptors (Lipinski definition) is 5. The molecular weight excluding hydrogens is 330 g/mol. The van der Waals surface area contributed by atoms with Gasteiger partial charge in [0.2, 0.25) is 11.8 Å². The Balaban J connectivity index is 1.58. The maximum Gasteiger partial charge on any atom is 0.248 e. The number of pyridine rings is 1. The first-order chi connectivity index (χ1) is 12.7. The third kappa shape index (κ3) is 3.25. The normalized spacial score (nSPS) is 11.3. The van der Waals surface area contributed by atoms with Gasteiger partial charge in [0, 0.05) is 23.5 Å². The predicted molar refractivity (Wildman–Crippen MR) is 98.3 cm³/mol. The van der Waals surface area contributed by atoms with E-state index >= 15 is 0 Å². The minimum atomic E-state index is -0.249. The summed E-state index contributed by atoms with van der Waals surface area (Å²) < 4.78 is 10.9. The third-order valence-electron chi connectivity index (χ3n) is 3.85. The number of furan rings is 1. The second-order valence-electron chi connectivity index (χ2n) is 5.71. The lowest BCUT2D eigenvalue weighted by Crippen LogP contribution is -2.09. The van der Waals surface area contributed by atoms with E-state index in [-0.39, 0.29) is 5.91 Å². The number of nitrogens with zero attached hydrogens (tertiary/aromatic N) is 2. The van der Waals surface area contributed by atoms with Gasteiger partial charge >= 0.3 is 0 Å². The van der Waals surface area contributed by atoms with Crippen LogP contribution >= 0.6 is 0 Å². The lowest BCUT2D eigenvalue weighted by molar-refractivity contribution is -0.111. The van der Waals surface area contributed by atoms with Gasteiger partial charge in [-0.2, -0.15) is 4.98 Å². The van der Waals surface area contributed by atoms with E-state index in [1.54, 1.807) is 36.7 Å². The van der Waals surface area contributed by atoms with Crippen molar-refractivity contribution in [1.29, 1.82) is 0 Å². The predicted octanol–water partition coefficient (Wildman–Crippen LogP) is 4.44. The van der Waals surface area contributed by atoms with Gasteiger partial charge in [0.1, 0.15) is 5.76 Å². The van der Waals surface area contributed by atoms with Crippen LogP contribution in [0.4, 0.5) is 5.69 Å². The number of amides is 1. The van der Waals surface area contributed by atoms with Crippen molar-refractivity contribution in [2.24, 2.45) is 0 Å². The molecule has 4 rings (SSSR count). The molecule has 1 amide bonds. The van der Waals surface area contributed by atoms with Crippen LogP contribution in [0, 0.1) is 6.92 Å². The second-order valence-corrected chi connectivity index (χ2v) is 5.71. The molecule has 0 aliphatic heterocycles. The highest BCUT2D eigenvalue weighted by Gasteiger charge is 2.11. The summed E-state index contributed by atoms with van der Waals surface area (Å²) in [6.07, 6.45) is 6.26. The summed E-state index contributed by atoms with van der Waals surface area (Å²) in [6, 6.07) is 12.8. The fourth-order valence-electron chi connectivity index (χ4n) is 2.50. The lowest BCUT2D eigenvalue weighted by atomic mass is 10.1. The Hall–Kier alpha value is -3.67. The molecule has 0 saturated carbocycles. The highest BCUT2D eigenvalue weighted by molar-refractivity contribution is 6.02. The van der Waals surface area contributed by atoms with Gasteiger partial charge in [-0.1, -0.05) is 6.07 Å². The molecule has 0 unspecified atom stereocenters. The quantitative estimate of drug-likeness (QED) is 0.553. The molecule has 0 aliphatic rings. The molecule has 0 fully saturated rings. The first-order valence-corrected chi connectivity index (χ1v) is 8.04. The molecule has 26 heavy (non-hydrogen) atoms. The molecule has 3 heterocycles. The van der Waals surface area contributed by atoms with Gasteiger partial charge in [-0.05, 0) is 55.0 Å². The first-order valence-electron chi connectivity index (χ1n) is 8.04. The Morgan fingerprint density at radius 3 is 2.92 bits per heavy atom. The van der Waals surface area contributed by atoms with Crippen LogP contribution < -0.4 is 5.32 Å². The molecule has 0 saturated heterocycles. The van der Waals surface area contributed by atoms with E-state index in [0.717, 1.165) is 11.1 Å². The van der Waals surface area contributed by atoms with Crippen LogP contribution in [0.25, 0.3) is 28.8 Å². The fourth-order valence-corrected chi connectivity index (χ4v) is 2.50. The van der Waals surface area contributed by atoms with Gasteiger partial charge in [0.25, 0.3) is 0 Å². The summed E-state index contributed by atoms with van der Waals surface area (Å²) in [5.74, 6) is 0.825. The molecule has 6 nitrogen and oxygen atoms in total. The first kappa shape index (κ1) is 15.8. The highest BCUT2D eigenvalue weighted by atomic mass is 16.3. The second kappa shape index (κ2) is 6.68. The van der Waals surface area contributed by atoms with Crippen molar-refractivity contribution in [3.63, 3.8) is 0 Å². The molecule has 0 spiro atoms. The van der Waals surface area contributed by atoms with Crippen LogP contribution in [-0.4, -0.2) is 15.9 Å². The minimum absolute atomic E-state index is 0.249. The Labute approximate surface area is 149 Å². The number of carbonyl (C=O) groups is 1. The summed E-state index contributed by atoms with van der Waals surface area (Å²) in [5, 5.41) is 2.86. The average molecular weight is 345 g/mol. The van der Waals surface area contributed by atoms with Crippen LogP contribution in [0.15, 0.2) is 69.8 Å². The fraction of sp³-hybridized carbons (Fsp3) is 0.0500. The van der Waals surface area contributed by atoms with Gasteiger partial charge < -0.3 is 14.2 Å². The number of aryl methyl sites for hydroxylation is 1. The van der Waals surface area contributed by atoms with Crippen LogP contribution in [-0.2, 0) is 4.79 Å². The molecule has 3 aromatic heterocycles. The lowest BCUT2D eigenvalue weighted by Gasteiger charge is -2.07. The molecule has 0 aliphatic carbocycles. The van der Waals surface area contributed by atoms with Gasteiger partial charge in [0.15, 0.2) is 11.2 Å². The van der Waals surface area contributed by atoms with E-state index in [1.807, 2.05) is 31.2 Å². The van der Waals surface area contributed by atoms with Crippen molar-refractivity contribution >= 4 is 28.9 Å². The zero-order valence-corrected chi connectivity index (χ0v) is 14.0. The maximum atomic E-state index is 12.2. The number of oxazole rings is 1. The third-order valence-corrected chi connectivity index (χ3v) is 3.85. The molecule has 1 aromatic carbocycles. The van der Waals surface area contributed by atoms with Crippen molar-refractivity contribution in [3.05, 3.63) is 72.3 Å². The minimum Gasteiger partial charge on any atom is -0.465 e. The van der Waals surface area contributed by atoms with Crippen molar-refractivity contribution in [2.75, 3.05) is 5.32 Å². The van der Waals surface area contributed by atoms with E-state index in [0.29, 0.717) is 28.6 Å². The van der Waals surface area contributed by atoms with E-state index in [1.165, 1.54) is 6.08 Å². The van der Waals surface area contributed by atoms with E-state index < -0.39 is 0 Å². The number of carbonyl (C=O) groups excluding carboxylic acids is 1. The van der Waals surface area contributed by atoms with E-state index in [4.69, 9.17) is 8.83 Å². The Morgan fingerprint density at radius 1 is 1.19 bits per heavy atom. The standard InChI is InChI=1S/C20H15N3O3/c1-13-6-7-14(20-23-19-17(26-20)5-2-10-21-19)12-16(13)22-18(24)9-8-15-4-3-11-25-15/h2-12H,1H3,(H,22,24). The summed E-state index contributed by atoms with van der Waals surface area (Å²) in [4.78, 5) is 20.7. The number of nitrogens with one attached hydrogen (secondary N) is 1. The van der Waals surface area contributed by atoms with Crippen LogP contribution in [0.1, 0.15) is 11.3 Å². The molecule has 0 radical (unpaired) electrons. The van der Waals surface area contributed by atoms with E-state index in [2.05, 4.69) is 15.3 Å². The summed E-state index contributed by atoms with van der Waals surface area (Å²) >= 11 is 0. The van der Waals surface area contributed by atoms with Crippen LogP contribution in [0.2, 0.25) is 0 Å². The summed E-state index contributed by atoms with van der Waals surface area (Å²) in [7, 11) is 0. The molecular formula is C20H15N3O3. The number of hydrogen-bond donors (Lipinski definition) is 1. The van der Waals surface area contributed by atoms with Gasteiger partial charge in [-0.25, -0.2) is 4.98 Å². The van der Waals surface area contributed by atoms with Gasteiger partial charge in [0.05, 0.1) is 6.26 Å². The number of anilines is 1. The Kier molecular flexibility index (Phi) is 4.07. The monoisotopic (exact) mass is 345 g/mol. The van der Waals surface area contributed by atoms with Crippen molar-refractivity contribution < 1.29 is 13.6 Å². The van der Waals surface area contributed by atoms with Gasteiger partial charge in [-0.15, -0.1) is 0 Å². The average Bonchev–Trinajstić information content (AvgIpc) is 3.31. The number of fused-ring (bicyclic) bond motifs is 1. The molecule has 0 atom stereocenters. The van der Waals surface area contributed by atoms with E-state index in [9.17, 15) is 4.79 Å². The topological polar surface area (TPSA) is 81.2 Å². The zero-order chi connectivity index (χ0) is 17.9. The maximum absolute atomic E-state index is 12.2. The Morgan fingerprint density at radius 2 is 2.12 bits per heavy atom. The molecule has 128 valence electrons. The number of aromatic nitrogens is 2. The van der Waals surface area contributed by atoms with Crippen molar-refractivity contribution in [3.8, 4) is 11.5 Å². The largest absolute Gasteiger partial charge is 0.465 e. The Bertz CT molecular complexity index is 1060. The molecule has 0 bridgehead atoms. The highest BCUT2D eigenvalue weighted by Crippen LogP contribution is 2.27. The SMILES string of the molecule is Cc1ccc(-c2nc3ncccc3o2)cc1NC(=O)C=Cc1ccco1. The van der Waals surface area contributed by atoms with Crippen LogP contribution in [0.3, 0.4) is 0 Å².